The first-order valence-electron chi connectivity index (χ1n) is 11.9. The minimum absolute atomic E-state index is 0.0810. The molecule has 6 heteroatoms. The van der Waals surface area contributed by atoms with Gasteiger partial charge in [-0.2, -0.15) is 5.10 Å². The van der Waals surface area contributed by atoms with Gasteiger partial charge in [0.1, 0.15) is 18.1 Å². The molecule has 1 aromatic heterocycles. The lowest BCUT2D eigenvalue weighted by Gasteiger charge is -2.31. The SMILES string of the molecule is COc1ccc(N(Cc2cn[nH]c2)C(=O)C2CCCc3c(OCc4ccccc4)cccc32)cc1. The Hall–Kier alpha value is -4.06. The summed E-state index contributed by atoms with van der Waals surface area (Å²) >= 11 is 0. The van der Waals surface area contributed by atoms with E-state index in [-0.39, 0.29) is 11.8 Å². The first-order valence-corrected chi connectivity index (χ1v) is 11.9. The number of rotatable bonds is 8. The molecule has 4 aromatic rings. The summed E-state index contributed by atoms with van der Waals surface area (Å²) < 4.78 is 11.5. The number of anilines is 1. The Morgan fingerprint density at radius 3 is 2.60 bits per heavy atom. The van der Waals surface area contributed by atoms with Crippen molar-refractivity contribution >= 4 is 11.6 Å². The highest BCUT2D eigenvalue weighted by Crippen LogP contribution is 2.39. The van der Waals surface area contributed by atoms with Crippen LogP contribution >= 0.6 is 0 Å². The summed E-state index contributed by atoms with van der Waals surface area (Å²) in [4.78, 5) is 15.9. The zero-order valence-corrected chi connectivity index (χ0v) is 19.8. The quantitative estimate of drug-likeness (QED) is 0.364. The van der Waals surface area contributed by atoms with Crippen molar-refractivity contribution < 1.29 is 14.3 Å². The van der Waals surface area contributed by atoms with E-state index in [1.165, 1.54) is 0 Å². The number of fused-ring (bicyclic) bond motifs is 1. The van der Waals surface area contributed by atoms with Crippen molar-refractivity contribution in [1.82, 2.24) is 10.2 Å². The summed E-state index contributed by atoms with van der Waals surface area (Å²) in [5.74, 6) is 1.48. The summed E-state index contributed by atoms with van der Waals surface area (Å²) in [5, 5.41) is 6.91. The van der Waals surface area contributed by atoms with E-state index in [2.05, 4.69) is 28.4 Å². The third-order valence-corrected chi connectivity index (χ3v) is 6.55. The molecule has 1 aliphatic carbocycles. The maximum absolute atomic E-state index is 14.1. The van der Waals surface area contributed by atoms with Gasteiger partial charge in [0.2, 0.25) is 5.91 Å². The number of benzene rings is 3. The van der Waals surface area contributed by atoms with Crippen LogP contribution in [0, 0.1) is 0 Å². The number of nitrogens with zero attached hydrogens (tertiary/aromatic N) is 2. The van der Waals surface area contributed by atoms with E-state index in [9.17, 15) is 4.79 Å². The number of methoxy groups -OCH3 is 1. The number of carbonyl (C=O) groups excluding carboxylic acids is 1. The molecular formula is C29H29N3O3. The van der Waals surface area contributed by atoms with Gasteiger partial charge in [-0.1, -0.05) is 42.5 Å². The van der Waals surface area contributed by atoms with Crippen molar-refractivity contribution in [3.8, 4) is 11.5 Å². The van der Waals surface area contributed by atoms with Crippen LogP contribution in [0.5, 0.6) is 11.5 Å². The summed E-state index contributed by atoms with van der Waals surface area (Å²) in [6, 6.07) is 23.9. The van der Waals surface area contributed by atoms with Crippen LogP contribution in [0.4, 0.5) is 5.69 Å². The molecule has 5 rings (SSSR count). The predicted molar refractivity (Wildman–Crippen MR) is 136 cm³/mol. The van der Waals surface area contributed by atoms with E-state index in [0.717, 1.165) is 58.7 Å². The number of hydrogen-bond donors (Lipinski definition) is 1. The van der Waals surface area contributed by atoms with E-state index < -0.39 is 0 Å². The molecule has 3 aromatic carbocycles. The third kappa shape index (κ3) is 5.06. The van der Waals surface area contributed by atoms with Gasteiger partial charge in [0.25, 0.3) is 0 Å². The molecule has 0 bridgehead atoms. The maximum atomic E-state index is 14.1. The van der Waals surface area contributed by atoms with Crippen LogP contribution in [-0.4, -0.2) is 23.2 Å². The molecule has 0 spiro atoms. The van der Waals surface area contributed by atoms with Gasteiger partial charge < -0.3 is 14.4 Å². The first kappa shape index (κ1) is 22.7. The van der Waals surface area contributed by atoms with Crippen LogP contribution in [-0.2, 0) is 24.4 Å². The van der Waals surface area contributed by atoms with Gasteiger partial charge in [-0.05, 0) is 66.3 Å². The number of carbonyl (C=O) groups is 1. The number of hydrogen-bond acceptors (Lipinski definition) is 4. The number of aromatic amines is 1. The third-order valence-electron chi connectivity index (χ3n) is 6.55. The van der Waals surface area contributed by atoms with Gasteiger partial charge in [0.05, 0.1) is 25.8 Å². The molecule has 1 atom stereocenters. The van der Waals surface area contributed by atoms with Crippen LogP contribution in [0.1, 0.15) is 41.0 Å². The largest absolute Gasteiger partial charge is 0.497 e. The van der Waals surface area contributed by atoms with Crippen molar-refractivity contribution in [2.45, 2.75) is 38.3 Å². The highest BCUT2D eigenvalue weighted by molar-refractivity contribution is 5.98. The molecule has 0 saturated carbocycles. The summed E-state index contributed by atoms with van der Waals surface area (Å²) in [5.41, 5.74) is 5.12. The lowest BCUT2D eigenvalue weighted by Crippen LogP contribution is -2.36. The van der Waals surface area contributed by atoms with Gasteiger partial charge >= 0.3 is 0 Å². The number of nitrogens with one attached hydrogen (secondary N) is 1. The molecule has 1 amide bonds. The minimum Gasteiger partial charge on any atom is -0.497 e. The summed E-state index contributed by atoms with van der Waals surface area (Å²) in [6.07, 6.45) is 6.25. The number of H-pyrrole nitrogens is 1. The highest BCUT2D eigenvalue weighted by atomic mass is 16.5. The fourth-order valence-corrected chi connectivity index (χ4v) is 4.74. The Balaban J connectivity index is 1.43. The molecule has 6 nitrogen and oxygen atoms in total. The summed E-state index contributed by atoms with van der Waals surface area (Å²) in [6.45, 7) is 0.950. The lowest BCUT2D eigenvalue weighted by atomic mass is 9.81. The number of ether oxygens (including phenoxy) is 2. The molecule has 1 heterocycles. The topological polar surface area (TPSA) is 67.5 Å². The van der Waals surface area contributed by atoms with E-state index in [4.69, 9.17) is 9.47 Å². The fraction of sp³-hybridized carbons (Fsp3) is 0.241. The fourth-order valence-electron chi connectivity index (χ4n) is 4.74. The molecule has 35 heavy (non-hydrogen) atoms. The molecule has 1 unspecified atom stereocenters. The Morgan fingerprint density at radius 1 is 1.03 bits per heavy atom. The average molecular weight is 468 g/mol. The van der Waals surface area contributed by atoms with E-state index in [1.54, 1.807) is 13.3 Å². The van der Waals surface area contributed by atoms with Crippen molar-refractivity contribution in [3.05, 3.63) is 107 Å². The van der Waals surface area contributed by atoms with Gasteiger partial charge in [-0.3, -0.25) is 9.89 Å². The van der Waals surface area contributed by atoms with Crippen molar-refractivity contribution in [2.24, 2.45) is 0 Å². The first-order chi connectivity index (χ1) is 17.2. The maximum Gasteiger partial charge on any atom is 0.234 e. The van der Waals surface area contributed by atoms with Gasteiger partial charge in [0, 0.05) is 17.4 Å². The van der Waals surface area contributed by atoms with E-state index in [0.29, 0.717) is 13.2 Å². The van der Waals surface area contributed by atoms with Gasteiger partial charge in [-0.25, -0.2) is 0 Å². The number of aromatic nitrogens is 2. The predicted octanol–water partition coefficient (Wildman–Crippen LogP) is 5.65. The molecule has 0 radical (unpaired) electrons. The molecule has 0 fully saturated rings. The zero-order chi connectivity index (χ0) is 24.0. The second-order valence-electron chi connectivity index (χ2n) is 8.77. The molecular weight excluding hydrogens is 438 g/mol. The monoisotopic (exact) mass is 467 g/mol. The van der Waals surface area contributed by atoms with E-state index >= 15 is 0 Å². The Bertz CT molecular complexity index is 1250. The number of amides is 1. The molecule has 1 N–H and O–H groups in total. The molecule has 178 valence electrons. The highest BCUT2D eigenvalue weighted by Gasteiger charge is 2.32. The van der Waals surface area contributed by atoms with Crippen LogP contribution in [0.25, 0.3) is 0 Å². The van der Waals surface area contributed by atoms with Crippen LogP contribution in [0.15, 0.2) is 85.2 Å². The van der Waals surface area contributed by atoms with Gasteiger partial charge in [0.15, 0.2) is 0 Å². The second-order valence-corrected chi connectivity index (χ2v) is 8.77. The van der Waals surface area contributed by atoms with Crippen molar-refractivity contribution in [3.63, 3.8) is 0 Å². The zero-order valence-electron chi connectivity index (χ0n) is 19.8. The standard InChI is InChI=1S/C29H29N3O3/c1-34-24-15-13-23(14-16-24)32(19-22-17-30-31-18-22)29(33)27-11-5-10-26-25(27)9-6-12-28(26)35-20-21-7-3-2-4-8-21/h2-4,6-9,12-18,27H,5,10-11,19-20H2,1H3,(H,30,31). The second kappa shape index (κ2) is 10.5. The Labute approximate surface area is 205 Å². The summed E-state index contributed by atoms with van der Waals surface area (Å²) in [7, 11) is 1.64. The van der Waals surface area contributed by atoms with Crippen LogP contribution in [0.3, 0.4) is 0 Å². The Morgan fingerprint density at radius 2 is 1.86 bits per heavy atom. The normalized spacial score (nSPS) is 14.7. The van der Waals surface area contributed by atoms with Crippen molar-refractivity contribution in [1.29, 1.82) is 0 Å². The minimum atomic E-state index is -0.229. The average Bonchev–Trinajstić information content (AvgIpc) is 3.44. The lowest BCUT2D eigenvalue weighted by molar-refractivity contribution is -0.120. The smallest absolute Gasteiger partial charge is 0.234 e. The molecule has 1 aliphatic rings. The van der Waals surface area contributed by atoms with E-state index in [1.807, 2.05) is 65.7 Å². The van der Waals surface area contributed by atoms with Crippen LogP contribution < -0.4 is 14.4 Å². The Kier molecular flexibility index (Phi) is 6.80. The van der Waals surface area contributed by atoms with Crippen molar-refractivity contribution in [2.75, 3.05) is 12.0 Å². The molecule has 0 saturated heterocycles. The van der Waals surface area contributed by atoms with Gasteiger partial charge in [-0.15, -0.1) is 0 Å². The molecule has 0 aliphatic heterocycles. The van der Waals surface area contributed by atoms with Crippen LogP contribution in [0.2, 0.25) is 0 Å².